The van der Waals surface area contributed by atoms with Crippen LogP contribution in [0.5, 0.6) is 5.75 Å². The number of benzene rings is 3. The number of halogens is 1. The summed E-state index contributed by atoms with van der Waals surface area (Å²) in [6, 6.07) is 18.6. The van der Waals surface area contributed by atoms with Gasteiger partial charge in [-0.2, -0.15) is 5.10 Å². The second kappa shape index (κ2) is 10.4. The lowest BCUT2D eigenvalue weighted by Crippen LogP contribution is -2.32. The van der Waals surface area contributed by atoms with Crippen molar-refractivity contribution >= 4 is 41.3 Å². The number of aryl methyl sites for hydroxylation is 1. The summed E-state index contributed by atoms with van der Waals surface area (Å²) in [5.41, 5.74) is 5.39. The van der Waals surface area contributed by atoms with Gasteiger partial charge < -0.3 is 10.1 Å². The van der Waals surface area contributed by atoms with E-state index in [0.717, 1.165) is 5.56 Å². The first-order chi connectivity index (χ1) is 15.3. The molecular weight excluding hydrogens is 430 g/mol. The van der Waals surface area contributed by atoms with Crippen LogP contribution < -0.4 is 15.5 Å². The van der Waals surface area contributed by atoms with E-state index in [0.29, 0.717) is 33.1 Å². The van der Waals surface area contributed by atoms with Crippen LogP contribution >= 0.6 is 11.6 Å². The number of hydrazone groups is 1. The van der Waals surface area contributed by atoms with Gasteiger partial charge in [-0.15, -0.1) is 0 Å². The standard InChI is InChI=1S/C24H20ClN3O4/c1-15-6-10-18(11-7-15)24(31)32-19-12-8-17(9-13-19)14-26-28-23(30)22(29)27-21-5-3-4-20(25)16(21)2/h3-14H,1-2H3,(H,27,29)(H,28,30)/b26-14-. The zero-order valence-electron chi connectivity index (χ0n) is 17.4. The van der Waals surface area contributed by atoms with Crippen LogP contribution in [-0.2, 0) is 9.59 Å². The predicted molar refractivity (Wildman–Crippen MR) is 123 cm³/mol. The molecule has 0 bridgehead atoms. The van der Waals surface area contributed by atoms with Gasteiger partial charge in [0, 0.05) is 10.7 Å². The zero-order chi connectivity index (χ0) is 23.1. The molecule has 0 spiro atoms. The normalized spacial score (nSPS) is 10.6. The lowest BCUT2D eigenvalue weighted by atomic mass is 10.1. The van der Waals surface area contributed by atoms with Crippen molar-refractivity contribution in [1.82, 2.24) is 5.43 Å². The first-order valence-electron chi connectivity index (χ1n) is 9.62. The highest BCUT2D eigenvalue weighted by molar-refractivity contribution is 6.40. The molecule has 0 saturated carbocycles. The molecule has 0 aliphatic heterocycles. The van der Waals surface area contributed by atoms with Gasteiger partial charge in [0.15, 0.2) is 0 Å². The van der Waals surface area contributed by atoms with E-state index in [1.54, 1.807) is 61.5 Å². The zero-order valence-corrected chi connectivity index (χ0v) is 18.1. The Morgan fingerprint density at radius 1 is 0.906 bits per heavy atom. The van der Waals surface area contributed by atoms with Gasteiger partial charge in [-0.3, -0.25) is 9.59 Å². The molecule has 3 aromatic carbocycles. The number of carbonyl (C=O) groups excluding carboxylic acids is 3. The summed E-state index contributed by atoms with van der Waals surface area (Å²) >= 11 is 6.00. The SMILES string of the molecule is Cc1ccc(C(=O)Oc2ccc(/C=N\NC(=O)C(=O)Nc3cccc(Cl)c3C)cc2)cc1. The largest absolute Gasteiger partial charge is 0.423 e. The number of amides is 2. The molecule has 0 aromatic heterocycles. The van der Waals surface area contributed by atoms with E-state index in [1.807, 2.05) is 19.1 Å². The van der Waals surface area contributed by atoms with E-state index in [4.69, 9.17) is 16.3 Å². The van der Waals surface area contributed by atoms with E-state index < -0.39 is 17.8 Å². The van der Waals surface area contributed by atoms with Crippen molar-refractivity contribution in [2.45, 2.75) is 13.8 Å². The van der Waals surface area contributed by atoms with Gasteiger partial charge in [0.25, 0.3) is 0 Å². The van der Waals surface area contributed by atoms with Crippen molar-refractivity contribution in [2.24, 2.45) is 5.10 Å². The fourth-order valence-corrected chi connectivity index (χ4v) is 2.79. The second-order valence-corrected chi connectivity index (χ2v) is 7.30. The molecule has 0 aliphatic rings. The third-order valence-corrected chi connectivity index (χ3v) is 4.89. The number of nitrogens with zero attached hydrogens (tertiary/aromatic N) is 1. The first kappa shape index (κ1) is 22.7. The number of hydrogen-bond acceptors (Lipinski definition) is 5. The minimum absolute atomic E-state index is 0.369. The number of nitrogens with one attached hydrogen (secondary N) is 2. The van der Waals surface area contributed by atoms with E-state index in [9.17, 15) is 14.4 Å². The molecular formula is C24H20ClN3O4. The van der Waals surface area contributed by atoms with Gasteiger partial charge in [0.2, 0.25) is 0 Å². The Morgan fingerprint density at radius 2 is 1.59 bits per heavy atom. The maximum atomic E-state index is 12.2. The maximum Gasteiger partial charge on any atom is 0.343 e. The maximum absolute atomic E-state index is 12.2. The Kier molecular flexibility index (Phi) is 7.36. The van der Waals surface area contributed by atoms with E-state index in [-0.39, 0.29) is 0 Å². The Labute approximate surface area is 190 Å². The molecule has 32 heavy (non-hydrogen) atoms. The summed E-state index contributed by atoms with van der Waals surface area (Å²) in [4.78, 5) is 36.1. The highest BCUT2D eigenvalue weighted by Crippen LogP contribution is 2.22. The average molecular weight is 450 g/mol. The van der Waals surface area contributed by atoms with Crippen molar-refractivity contribution in [3.63, 3.8) is 0 Å². The van der Waals surface area contributed by atoms with E-state index in [1.165, 1.54) is 6.21 Å². The quantitative estimate of drug-likeness (QED) is 0.200. The highest BCUT2D eigenvalue weighted by atomic mass is 35.5. The first-order valence-corrected chi connectivity index (χ1v) is 9.99. The van der Waals surface area contributed by atoms with Gasteiger partial charge >= 0.3 is 17.8 Å². The molecule has 2 N–H and O–H groups in total. The molecule has 0 heterocycles. The molecule has 0 fully saturated rings. The van der Waals surface area contributed by atoms with Gasteiger partial charge in [0.1, 0.15) is 5.75 Å². The van der Waals surface area contributed by atoms with Crippen LogP contribution in [-0.4, -0.2) is 24.0 Å². The third-order valence-electron chi connectivity index (χ3n) is 4.48. The summed E-state index contributed by atoms with van der Waals surface area (Å²) in [7, 11) is 0. The van der Waals surface area contributed by atoms with Crippen molar-refractivity contribution in [2.75, 3.05) is 5.32 Å². The molecule has 8 heteroatoms. The van der Waals surface area contributed by atoms with Crippen LogP contribution in [0, 0.1) is 13.8 Å². The van der Waals surface area contributed by atoms with Crippen LogP contribution in [0.2, 0.25) is 5.02 Å². The molecule has 3 rings (SSSR count). The second-order valence-electron chi connectivity index (χ2n) is 6.89. The number of anilines is 1. The van der Waals surface area contributed by atoms with Crippen LogP contribution in [0.25, 0.3) is 0 Å². The Balaban J connectivity index is 1.52. The number of rotatable bonds is 5. The monoisotopic (exact) mass is 449 g/mol. The summed E-state index contributed by atoms with van der Waals surface area (Å²) in [5, 5.41) is 6.74. The molecule has 162 valence electrons. The summed E-state index contributed by atoms with van der Waals surface area (Å²) in [5.74, 6) is -1.89. The smallest absolute Gasteiger partial charge is 0.343 e. The van der Waals surface area contributed by atoms with Crippen LogP contribution in [0.1, 0.15) is 27.0 Å². The lowest BCUT2D eigenvalue weighted by Gasteiger charge is -2.08. The topological polar surface area (TPSA) is 96.9 Å². The Hall–Kier alpha value is -3.97. The fourth-order valence-electron chi connectivity index (χ4n) is 2.62. The third kappa shape index (κ3) is 6.02. The van der Waals surface area contributed by atoms with Crippen molar-refractivity contribution in [3.05, 3.63) is 94.0 Å². The average Bonchev–Trinajstić information content (AvgIpc) is 2.78. The van der Waals surface area contributed by atoms with Gasteiger partial charge in [-0.1, -0.05) is 35.4 Å². The molecule has 0 aliphatic carbocycles. The molecule has 2 amide bonds. The number of carbonyl (C=O) groups is 3. The van der Waals surface area contributed by atoms with Gasteiger partial charge in [-0.05, 0) is 73.5 Å². The minimum Gasteiger partial charge on any atom is -0.423 e. The van der Waals surface area contributed by atoms with Crippen LogP contribution in [0.15, 0.2) is 71.8 Å². The predicted octanol–water partition coefficient (Wildman–Crippen LogP) is 4.26. The van der Waals surface area contributed by atoms with Crippen LogP contribution in [0.4, 0.5) is 5.69 Å². The molecule has 7 nitrogen and oxygen atoms in total. The molecule has 0 unspecified atom stereocenters. The lowest BCUT2D eigenvalue weighted by molar-refractivity contribution is -0.136. The highest BCUT2D eigenvalue weighted by Gasteiger charge is 2.14. The molecule has 0 saturated heterocycles. The van der Waals surface area contributed by atoms with E-state index >= 15 is 0 Å². The number of hydrogen-bond donors (Lipinski definition) is 2. The van der Waals surface area contributed by atoms with Crippen LogP contribution in [0.3, 0.4) is 0 Å². The fraction of sp³-hybridized carbons (Fsp3) is 0.0833. The molecule has 3 aromatic rings. The van der Waals surface area contributed by atoms with Crippen molar-refractivity contribution < 1.29 is 19.1 Å². The van der Waals surface area contributed by atoms with E-state index in [2.05, 4.69) is 15.8 Å². The number of esters is 1. The van der Waals surface area contributed by atoms with Crippen molar-refractivity contribution in [3.8, 4) is 5.75 Å². The minimum atomic E-state index is -0.927. The molecule has 0 radical (unpaired) electrons. The van der Waals surface area contributed by atoms with Gasteiger partial charge in [-0.25, -0.2) is 10.2 Å². The van der Waals surface area contributed by atoms with Gasteiger partial charge in [0.05, 0.1) is 11.8 Å². The summed E-state index contributed by atoms with van der Waals surface area (Å²) in [6.07, 6.45) is 1.36. The Bertz CT molecular complexity index is 1170. The van der Waals surface area contributed by atoms with Crippen molar-refractivity contribution in [1.29, 1.82) is 0 Å². The Morgan fingerprint density at radius 3 is 2.28 bits per heavy atom. The molecule has 0 atom stereocenters. The summed E-state index contributed by atoms with van der Waals surface area (Å²) < 4.78 is 5.33. The summed E-state index contributed by atoms with van der Waals surface area (Å²) in [6.45, 7) is 3.67. The number of ether oxygens (including phenoxy) is 1.